The number of ether oxygens (including phenoxy) is 1. The summed E-state index contributed by atoms with van der Waals surface area (Å²) in [4.78, 5) is 43.3. The molecule has 0 heterocycles. The second-order valence-electron chi connectivity index (χ2n) is 11.9. The molecule has 4 aromatic rings. The minimum Gasteiger partial charge on any atom is -0.480 e. The van der Waals surface area contributed by atoms with Crippen LogP contribution in [0.3, 0.4) is 0 Å². The molecule has 0 unspecified atom stereocenters. The van der Waals surface area contributed by atoms with Gasteiger partial charge >= 0.3 is 0 Å². The van der Waals surface area contributed by atoms with Gasteiger partial charge in [-0.05, 0) is 116 Å². The molecule has 2 amide bonds. The van der Waals surface area contributed by atoms with Crippen LogP contribution in [0.5, 0.6) is 5.75 Å². The van der Waals surface area contributed by atoms with Crippen molar-refractivity contribution < 1.29 is 27.9 Å². The Kier molecular flexibility index (Phi) is 14.3. The third-order valence-corrected chi connectivity index (χ3v) is 7.80. The van der Waals surface area contributed by atoms with Crippen molar-refractivity contribution in [3.63, 3.8) is 0 Å². The zero-order chi connectivity index (χ0) is 37.5. The Labute approximate surface area is 299 Å². The highest BCUT2D eigenvalue weighted by Crippen LogP contribution is 2.25. The Hall–Kier alpha value is -6.18. The fourth-order valence-corrected chi connectivity index (χ4v) is 4.98. The van der Waals surface area contributed by atoms with Crippen molar-refractivity contribution in [1.82, 2.24) is 10.6 Å². The Bertz CT molecular complexity index is 1910. The Balaban J connectivity index is 1.29. The summed E-state index contributed by atoms with van der Waals surface area (Å²) in [6, 6.07) is 21.1. The van der Waals surface area contributed by atoms with E-state index in [9.17, 15) is 23.2 Å². The molecule has 0 spiro atoms. The first-order chi connectivity index (χ1) is 25.1. The van der Waals surface area contributed by atoms with Crippen molar-refractivity contribution >= 4 is 40.3 Å². The van der Waals surface area contributed by atoms with Crippen LogP contribution in [0.15, 0.2) is 100 Å². The first-order valence-corrected chi connectivity index (χ1v) is 16.4. The molecule has 0 fully saturated rings. The summed E-state index contributed by atoms with van der Waals surface area (Å²) in [5.41, 5.74) is 17.5. The van der Waals surface area contributed by atoms with Crippen LogP contribution in [0.1, 0.15) is 45.5 Å². The number of anilines is 1. The number of unbranched alkanes of at least 4 members (excludes halogenated alkanes) is 1. The second kappa shape index (κ2) is 19.3. The van der Waals surface area contributed by atoms with Crippen molar-refractivity contribution in [2.45, 2.75) is 31.7 Å². The highest BCUT2D eigenvalue weighted by molar-refractivity contribution is 5.98. The van der Waals surface area contributed by atoms with Gasteiger partial charge in [0.05, 0.1) is 17.4 Å². The van der Waals surface area contributed by atoms with Gasteiger partial charge in [0.1, 0.15) is 6.61 Å². The molecule has 0 aliphatic heterocycles. The number of nitrogens with two attached hydrogens (primary N) is 1. The number of carbonyl (C=O) groups excluding carboxylic acids is 3. The van der Waals surface area contributed by atoms with Gasteiger partial charge in [0.25, 0.3) is 11.8 Å². The lowest BCUT2D eigenvalue weighted by molar-refractivity contribution is -0.123. The number of halogens is 2. The number of hydrogen-bond acceptors (Lipinski definition) is 9. The van der Waals surface area contributed by atoms with Crippen LogP contribution < -0.4 is 26.0 Å². The average molecular weight is 712 g/mol. The summed E-state index contributed by atoms with van der Waals surface area (Å²) < 4.78 is 35.2. The number of ketones is 1. The number of hydrogen-bond donors (Lipinski definition) is 3. The van der Waals surface area contributed by atoms with E-state index in [1.807, 2.05) is 43.3 Å². The molecule has 270 valence electrons. The SMILES string of the molecule is CN(C)c1ccc(/N=N/c2ccc(C(=O)NCCc3cc(F)c(OCC(=O)[C@H](CCCCN)NC(=O)c4cccc(N=[N+]=[N-])c4)c(F)c3)cc2)cc1. The van der Waals surface area contributed by atoms with Crippen molar-refractivity contribution in [1.29, 1.82) is 0 Å². The summed E-state index contributed by atoms with van der Waals surface area (Å²) in [5.74, 6) is -4.36. The molecule has 52 heavy (non-hydrogen) atoms. The minimum atomic E-state index is -1.03. The van der Waals surface area contributed by atoms with Gasteiger partial charge in [0.15, 0.2) is 23.2 Å². The molecule has 0 bridgehead atoms. The summed E-state index contributed by atoms with van der Waals surface area (Å²) >= 11 is 0. The minimum absolute atomic E-state index is 0.0940. The number of Topliss-reactive ketones (excluding diaryl/α,β-unsaturated/α-hetero) is 1. The monoisotopic (exact) mass is 711 g/mol. The molecule has 0 aromatic heterocycles. The molecule has 1 atom stereocenters. The molecular formula is C37H39F2N9O4. The van der Waals surface area contributed by atoms with Gasteiger partial charge in [-0.25, -0.2) is 8.78 Å². The molecule has 0 saturated carbocycles. The summed E-state index contributed by atoms with van der Waals surface area (Å²) in [6.07, 6.45) is 1.43. The van der Waals surface area contributed by atoms with Crippen LogP contribution >= 0.6 is 0 Å². The lowest BCUT2D eigenvalue weighted by Gasteiger charge is -2.18. The normalized spacial score (nSPS) is 11.4. The summed E-state index contributed by atoms with van der Waals surface area (Å²) in [6.45, 7) is -0.239. The quantitative estimate of drug-likeness (QED) is 0.0422. The number of benzene rings is 4. The van der Waals surface area contributed by atoms with Crippen LogP contribution in [0.25, 0.3) is 10.4 Å². The zero-order valence-corrected chi connectivity index (χ0v) is 28.8. The van der Waals surface area contributed by atoms with Gasteiger partial charge in [0.2, 0.25) is 0 Å². The molecule has 4 N–H and O–H groups in total. The van der Waals surface area contributed by atoms with Crippen molar-refractivity contribution in [2.75, 3.05) is 38.7 Å². The maximum Gasteiger partial charge on any atom is 0.251 e. The fourth-order valence-electron chi connectivity index (χ4n) is 4.98. The van der Waals surface area contributed by atoms with Crippen molar-refractivity contribution in [3.8, 4) is 5.75 Å². The molecule has 4 aromatic carbocycles. The van der Waals surface area contributed by atoms with Gasteiger partial charge in [-0.3, -0.25) is 14.4 Å². The van der Waals surface area contributed by atoms with Crippen LogP contribution in [-0.4, -0.2) is 57.4 Å². The number of amides is 2. The number of nitrogens with zero attached hydrogens (tertiary/aromatic N) is 6. The highest BCUT2D eigenvalue weighted by Gasteiger charge is 2.23. The third kappa shape index (κ3) is 11.4. The first kappa shape index (κ1) is 38.6. The molecule has 4 rings (SSSR count). The highest BCUT2D eigenvalue weighted by atomic mass is 19.1. The Morgan fingerprint density at radius 3 is 2.13 bits per heavy atom. The van der Waals surface area contributed by atoms with Gasteiger partial charge in [-0.1, -0.05) is 17.2 Å². The van der Waals surface area contributed by atoms with E-state index in [0.717, 1.165) is 17.8 Å². The van der Waals surface area contributed by atoms with Gasteiger partial charge in [0, 0.05) is 48.1 Å². The lowest BCUT2D eigenvalue weighted by atomic mass is 10.0. The van der Waals surface area contributed by atoms with Crippen LogP contribution in [0.4, 0.5) is 31.5 Å². The Morgan fingerprint density at radius 1 is 0.865 bits per heavy atom. The van der Waals surface area contributed by atoms with Gasteiger partial charge in [-0.15, -0.1) is 0 Å². The maximum atomic E-state index is 15.0. The van der Waals surface area contributed by atoms with Gasteiger partial charge < -0.3 is 26.0 Å². The van der Waals surface area contributed by atoms with E-state index in [0.29, 0.717) is 36.3 Å². The van der Waals surface area contributed by atoms with E-state index in [2.05, 4.69) is 30.9 Å². The third-order valence-electron chi connectivity index (χ3n) is 7.80. The van der Waals surface area contributed by atoms with E-state index in [4.69, 9.17) is 16.0 Å². The van der Waals surface area contributed by atoms with Crippen LogP contribution in [-0.2, 0) is 11.2 Å². The zero-order valence-electron chi connectivity index (χ0n) is 28.8. The van der Waals surface area contributed by atoms with Crippen LogP contribution in [0, 0.1) is 11.6 Å². The molecular weight excluding hydrogens is 672 g/mol. The second-order valence-corrected chi connectivity index (χ2v) is 11.9. The smallest absolute Gasteiger partial charge is 0.251 e. The average Bonchev–Trinajstić information content (AvgIpc) is 3.13. The number of azo groups is 1. The molecule has 0 saturated heterocycles. The fraction of sp³-hybridized carbons (Fsp3) is 0.270. The Morgan fingerprint density at radius 2 is 1.52 bits per heavy atom. The summed E-state index contributed by atoms with van der Waals surface area (Å²) in [7, 11) is 3.89. The number of rotatable bonds is 18. The summed E-state index contributed by atoms with van der Waals surface area (Å²) in [5, 5.41) is 17.2. The number of azide groups is 1. The van der Waals surface area contributed by atoms with E-state index in [1.54, 1.807) is 24.3 Å². The standard InChI is InChI=1S/C37H39F2N9O4/c1-48(2)30-15-13-28(14-16-30)45-44-27-11-9-25(10-12-27)36(50)42-19-17-24-20-31(38)35(32(39)21-24)52-23-34(49)33(8-3-4-18-40)43-37(51)26-6-5-7-29(22-26)46-47-41/h5-7,9-16,20-22,33H,3-4,8,17-19,23,40H2,1-2H3,(H,42,50)(H,43,51)/b45-44+/t33-/m0/s1. The predicted octanol–water partition coefficient (Wildman–Crippen LogP) is 7.24. The van der Waals surface area contributed by atoms with Crippen LogP contribution in [0.2, 0.25) is 0 Å². The molecule has 13 nitrogen and oxygen atoms in total. The topological polar surface area (TPSA) is 187 Å². The van der Waals surface area contributed by atoms with Gasteiger partial charge in [-0.2, -0.15) is 10.2 Å². The van der Waals surface area contributed by atoms with E-state index in [1.165, 1.54) is 24.3 Å². The molecule has 0 radical (unpaired) electrons. The largest absolute Gasteiger partial charge is 0.480 e. The maximum absolute atomic E-state index is 15.0. The first-order valence-electron chi connectivity index (χ1n) is 16.4. The lowest BCUT2D eigenvalue weighted by Crippen LogP contribution is -2.43. The van der Waals surface area contributed by atoms with Crippen molar-refractivity contribution in [3.05, 3.63) is 124 Å². The van der Waals surface area contributed by atoms with Crippen molar-refractivity contribution in [2.24, 2.45) is 21.1 Å². The molecule has 0 aliphatic rings. The number of carbonyl (C=O) groups is 3. The molecule has 0 aliphatic carbocycles. The predicted molar refractivity (Wildman–Crippen MR) is 194 cm³/mol. The number of nitrogens with one attached hydrogen (secondary N) is 2. The van der Waals surface area contributed by atoms with E-state index in [-0.39, 0.29) is 42.1 Å². The molecule has 15 heteroatoms. The van der Waals surface area contributed by atoms with E-state index >= 15 is 0 Å². The van der Waals surface area contributed by atoms with E-state index < -0.39 is 41.7 Å².